The molecular weight excluding hydrogens is 186 g/mol. The van der Waals surface area contributed by atoms with E-state index in [4.69, 9.17) is 0 Å². The molecule has 1 aromatic rings. The fourth-order valence-corrected chi connectivity index (χ4v) is 2.72. The lowest BCUT2D eigenvalue weighted by atomic mass is 10.3. The van der Waals surface area contributed by atoms with E-state index in [9.17, 15) is 0 Å². The molecule has 3 heteroatoms. The van der Waals surface area contributed by atoms with Crippen LogP contribution in [0.4, 0.5) is 5.69 Å². The second-order valence-electron chi connectivity index (χ2n) is 2.79. The summed E-state index contributed by atoms with van der Waals surface area (Å²) in [6.45, 7) is 0. The Labute approximate surface area is 82.3 Å². The number of hydrogen-bond donors (Lipinski definition) is 2. The van der Waals surface area contributed by atoms with E-state index in [1.54, 1.807) is 0 Å². The molecule has 0 radical (unpaired) electrons. The zero-order valence-corrected chi connectivity index (χ0v) is 8.37. The van der Waals surface area contributed by atoms with Crippen LogP contribution in [0.3, 0.4) is 0 Å². The Balaban J connectivity index is 2.31. The van der Waals surface area contributed by atoms with Gasteiger partial charge in [-0.15, -0.1) is 11.8 Å². The first-order valence-corrected chi connectivity index (χ1v) is 5.53. The van der Waals surface area contributed by atoms with Crippen molar-refractivity contribution in [3.8, 4) is 0 Å². The third kappa shape index (κ3) is 1.72. The number of thioether (sulfide) groups is 1. The van der Waals surface area contributed by atoms with E-state index in [1.807, 2.05) is 11.8 Å². The Morgan fingerprint density at radius 1 is 1.42 bits per heavy atom. The molecule has 1 atom stereocenters. The van der Waals surface area contributed by atoms with Crippen LogP contribution in [0.5, 0.6) is 0 Å². The fraction of sp³-hybridized carbons (Fsp3) is 0.333. The molecule has 0 bridgehead atoms. The fourth-order valence-electron chi connectivity index (χ4n) is 1.24. The van der Waals surface area contributed by atoms with E-state index >= 15 is 0 Å². The lowest BCUT2D eigenvalue weighted by molar-refractivity contribution is 0.943. The van der Waals surface area contributed by atoms with Gasteiger partial charge in [-0.25, -0.2) is 0 Å². The average Bonchev–Trinajstić information content (AvgIpc) is 2.25. The Kier molecular flexibility index (Phi) is 2.51. The summed E-state index contributed by atoms with van der Waals surface area (Å²) in [5.41, 5.74) is 1.22. The molecule has 1 aromatic carbocycles. The molecule has 0 aromatic heterocycles. The highest BCUT2D eigenvalue weighted by Crippen LogP contribution is 2.32. The van der Waals surface area contributed by atoms with Crippen LogP contribution in [0.25, 0.3) is 0 Å². The van der Waals surface area contributed by atoms with Crippen molar-refractivity contribution in [1.29, 1.82) is 0 Å². The number of hydrogen-bond acceptors (Lipinski definition) is 3. The van der Waals surface area contributed by atoms with Gasteiger partial charge >= 0.3 is 0 Å². The van der Waals surface area contributed by atoms with E-state index in [-0.39, 0.29) is 0 Å². The van der Waals surface area contributed by atoms with Gasteiger partial charge in [-0.05, 0) is 18.6 Å². The smallest absolute Gasteiger partial charge is 0.0701 e. The lowest BCUT2D eigenvalue weighted by Gasteiger charge is -2.10. The largest absolute Gasteiger partial charge is 0.373 e. The van der Waals surface area contributed by atoms with E-state index in [0.29, 0.717) is 5.37 Å². The maximum atomic E-state index is 4.43. The minimum Gasteiger partial charge on any atom is -0.373 e. The molecule has 12 heavy (non-hydrogen) atoms. The van der Waals surface area contributed by atoms with Gasteiger partial charge in [0.25, 0.3) is 0 Å². The van der Waals surface area contributed by atoms with Gasteiger partial charge < -0.3 is 5.32 Å². The number of thiol groups is 1. The van der Waals surface area contributed by atoms with Gasteiger partial charge in [0.2, 0.25) is 0 Å². The maximum absolute atomic E-state index is 4.43. The summed E-state index contributed by atoms with van der Waals surface area (Å²) in [4.78, 5) is 1.34. The molecule has 1 N–H and O–H groups in total. The SMILES string of the molecule is SC1CCSc2ccccc2N1. The Morgan fingerprint density at radius 2 is 2.25 bits per heavy atom. The molecule has 1 unspecified atom stereocenters. The van der Waals surface area contributed by atoms with Crippen LogP contribution in [0, 0.1) is 0 Å². The van der Waals surface area contributed by atoms with Crippen LogP contribution >= 0.6 is 24.4 Å². The third-order valence-corrected chi connectivity index (χ3v) is 3.35. The van der Waals surface area contributed by atoms with Crippen LogP contribution < -0.4 is 5.32 Å². The zero-order valence-electron chi connectivity index (χ0n) is 6.66. The topological polar surface area (TPSA) is 12.0 Å². The number of benzene rings is 1. The summed E-state index contributed by atoms with van der Waals surface area (Å²) >= 11 is 6.33. The van der Waals surface area contributed by atoms with Gasteiger partial charge in [-0.2, -0.15) is 12.6 Å². The first kappa shape index (κ1) is 8.32. The number of para-hydroxylation sites is 1. The van der Waals surface area contributed by atoms with Crippen molar-refractivity contribution in [2.24, 2.45) is 0 Å². The Hall–Kier alpha value is -0.280. The molecule has 0 saturated heterocycles. The van der Waals surface area contributed by atoms with Gasteiger partial charge in [0.15, 0.2) is 0 Å². The normalized spacial score (nSPS) is 22.2. The Morgan fingerprint density at radius 3 is 3.17 bits per heavy atom. The molecule has 64 valence electrons. The first-order valence-electron chi connectivity index (χ1n) is 4.03. The van der Waals surface area contributed by atoms with E-state index in [1.165, 1.54) is 10.6 Å². The molecule has 1 heterocycles. The third-order valence-electron chi connectivity index (χ3n) is 1.86. The van der Waals surface area contributed by atoms with Gasteiger partial charge in [0.1, 0.15) is 0 Å². The summed E-state index contributed by atoms with van der Waals surface area (Å²) in [6.07, 6.45) is 1.11. The summed E-state index contributed by atoms with van der Waals surface area (Å²) < 4.78 is 0. The molecule has 0 spiro atoms. The number of fused-ring (bicyclic) bond motifs is 1. The zero-order chi connectivity index (χ0) is 8.39. The molecule has 1 aliphatic rings. The highest BCUT2D eigenvalue weighted by Gasteiger charge is 2.11. The predicted molar refractivity (Wildman–Crippen MR) is 58.2 cm³/mol. The van der Waals surface area contributed by atoms with Crippen molar-refractivity contribution < 1.29 is 0 Å². The van der Waals surface area contributed by atoms with Gasteiger partial charge in [-0.1, -0.05) is 12.1 Å². The second kappa shape index (κ2) is 3.62. The van der Waals surface area contributed by atoms with Crippen LogP contribution in [0.2, 0.25) is 0 Å². The molecule has 1 aliphatic heterocycles. The summed E-state index contributed by atoms with van der Waals surface area (Å²) in [6, 6.07) is 8.39. The van der Waals surface area contributed by atoms with Crippen LogP contribution in [0.15, 0.2) is 29.2 Å². The average molecular weight is 197 g/mol. The van der Waals surface area contributed by atoms with Crippen LogP contribution in [0.1, 0.15) is 6.42 Å². The van der Waals surface area contributed by atoms with Gasteiger partial charge in [-0.3, -0.25) is 0 Å². The van der Waals surface area contributed by atoms with Crippen LogP contribution in [-0.4, -0.2) is 11.1 Å². The van der Waals surface area contributed by atoms with E-state index in [2.05, 4.69) is 42.2 Å². The number of rotatable bonds is 0. The van der Waals surface area contributed by atoms with Gasteiger partial charge in [0.05, 0.1) is 5.37 Å². The predicted octanol–water partition coefficient (Wildman–Crippen LogP) is 2.85. The monoisotopic (exact) mass is 197 g/mol. The van der Waals surface area contributed by atoms with Crippen molar-refractivity contribution in [2.45, 2.75) is 16.7 Å². The first-order chi connectivity index (χ1) is 5.86. The number of anilines is 1. The van der Waals surface area contributed by atoms with E-state index < -0.39 is 0 Å². The molecule has 0 saturated carbocycles. The molecule has 2 rings (SSSR count). The molecule has 0 fully saturated rings. The Bertz CT molecular complexity index is 275. The quantitative estimate of drug-likeness (QED) is 0.620. The highest BCUT2D eigenvalue weighted by atomic mass is 32.2. The maximum Gasteiger partial charge on any atom is 0.0701 e. The van der Waals surface area contributed by atoms with Crippen molar-refractivity contribution in [3.05, 3.63) is 24.3 Å². The summed E-state index contributed by atoms with van der Waals surface area (Å²) in [7, 11) is 0. The van der Waals surface area contributed by atoms with Crippen molar-refractivity contribution >= 4 is 30.1 Å². The molecule has 0 aliphatic carbocycles. The van der Waals surface area contributed by atoms with E-state index in [0.717, 1.165) is 12.2 Å². The van der Waals surface area contributed by atoms with Crippen molar-refractivity contribution in [3.63, 3.8) is 0 Å². The molecule has 0 amide bonds. The minimum absolute atomic E-state index is 0.307. The molecular formula is C9H11NS2. The molecule has 1 nitrogen and oxygen atoms in total. The van der Waals surface area contributed by atoms with Crippen molar-refractivity contribution in [1.82, 2.24) is 0 Å². The summed E-state index contributed by atoms with van der Waals surface area (Å²) in [5.74, 6) is 1.15. The minimum atomic E-state index is 0.307. The lowest BCUT2D eigenvalue weighted by Crippen LogP contribution is -2.10. The standard InChI is InChI=1S/C9H11NS2/c11-9-5-6-12-8-4-2-1-3-7(8)10-9/h1-4,9-11H,5-6H2. The highest BCUT2D eigenvalue weighted by molar-refractivity contribution is 7.99. The summed E-state index contributed by atoms with van der Waals surface area (Å²) in [5, 5.41) is 3.67. The van der Waals surface area contributed by atoms with Gasteiger partial charge in [0, 0.05) is 16.3 Å². The number of nitrogens with one attached hydrogen (secondary N) is 1. The second-order valence-corrected chi connectivity index (χ2v) is 4.55. The van der Waals surface area contributed by atoms with Crippen molar-refractivity contribution in [2.75, 3.05) is 11.1 Å². The van der Waals surface area contributed by atoms with Crippen LogP contribution in [-0.2, 0) is 0 Å².